The number of Topliss-reactive ketones (excluding diaryl/α,β-unsaturated/α-hetero) is 2. The van der Waals surface area contributed by atoms with Crippen molar-refractivity contribution in [3.05, 3.63) is 10.00 Å². The molecule has 208 valence electrons. The number of esters is 2. The molecule has 3 heterocycles. The molecule has 3 rings (SSSR count). The van der Waals surface area contributed by atoms with Crippen LogP contribution in [0.5, 0.6) is 0 Å². The van der Waals surface area contributed by atoms with Gasteiger partial charge in [0, 0.05) is 6.42 Å². The standard InChI is InChI=1S/C19H24O16S2/c1-18(2)28-8-10(34-18)7-11(20)13(21)14(17-36(24,25)30-5-6-31-37(17,26)27)33-16(23)15(22)32-12-9-29-19(3,4)35-12/h10,12H,5-9H2,1-4H3. The Balaban J connectivity index is 1.93. The van der Waals surface area contributed by atoms with Gasteiger partial charge in [-0.15, -0.1) is 0 Å². The predicted molar refractivity (Wildman–Crippen MR) is 113 cm³/mol. The van der Waals surface area contributed by atoms with E-state index in [1.165, 1.54) is 27.7 Å². The average molecular weight is 573 g/mol. The van der Waals surface area contributed by atoms with E-state index in [1.807, 2.05) is 0 Å². The van der Waals surface area contributed by atoms with Crippen LogP contribution in [0, 0.1) is 0 Å². The van der Waals surface area contributed by atoms with Crippen LogP contribution in [-0.2, 0) is 76.2 Å². The summed E-state index contributed by atoms with van der Waals surface area (Å²) in [5, 5.41) is 0. The first-order valence-corrected chi connectivity index (χ1v) is 13.4. The van der Waals surface area contributed by atoms with Crippen molar-refractivity contribution in [2.24, 2.45) is 0 Å². The highest BCUT2D eigenvalue weighted by molar-refractivity contribution is 8.10. The van der Waals surface area contributed by atoms with E-state index < -0.39 is 97.3 Å². The van der Waals surface area contributed by atoms with Crippen molar-refractivity contribution in [3.63, 3.8) is 0 Å². The van der Waals surface area contributed by atoms with Crippen LogP contribution in [-0.4, -0.2) is 90.7 Å². The molecule has 18 heteroatoms. The predicted octanol–water partition coefficient (Wildman–Crippen LogP) is -1.26. The van der Waals surface area contributed by atoms with Crippen molar-refractivity contribution in [1.29, 1.82) is 0 Å². The van der Waals surface area contributed by atoms with Crippen LogP contribution in [0.1, 0.15) is 34.1 Å². The minimum Gasteiger partial charge on any atom is -0.425 e. The summed E-state index contributed by atoms with van der Waals surface area (Å²) >= 11 is 0. The molecule has 3 aliphatic heterocycles. The Morgan fingerprint density at radius 3 is 1.86 bits per heavy atom. The lowest BCUT2D eigenvalue weighted by Gasteiger charge is -2.17. The number of ketones is 2. The van der Waals surface area contributed by atoms with Crippen LogP contribution in [0.2, 0.25) is 0 Å². The quantitative estimate of drug-likeness (QED) is 0.119. The van der Waals surface area contributed by atoms with E-state index in [4.69, 9.17) is 23.7 Å². The average Bonchev–Trinajstić information content (AvgIpc) is 3.25. The summed E-state index contributed by atoms with van der Waals surface area (Å²) in [6.07, 6.45) is -3.08. The summed E-state index contributed by atoms with van der Waals surface area (Å²) in [5.74, 6) is -11.3. The van der Waals surface area contributed by atoms with Crippen molar-refractivity contribution in [3.8, 4) is 0 Å². The number of ether oxygens (including phenoxy) is 6. The Morgan fingerprint density at radius 1 is 0.838 bits per heavy atom. The van der Waals surface area contributed by atoms with Gasteiger partial charge in [0.2, 0.25) is 17.8 Å². The normalized spacial score (nSPS) is 27.6. The van der Waals surface area contributed by atoms with Gasteiger partial charge in [-0.2, -0.15) is 16.8 Å². The van der Waals surface area contributed by atoms with Crippen LogP contribution in [0.4, 0.5) is 0 Å². The molecule has 0 aromatic heterocycles. The fourth-order valence-corrected chi connectivity index (χ4v) is 6.03. The van der Waals surface area contributed by atoms with Crippen molar-refractivity contribution in [1.82, 2.24) is 0 Å². The maximum atomic E-state index is 12.9. The van der Waals surface area contributed by atoms with E-state index >= 15 is 0 Å². The highest BCUT2D eigenvalue weighted by Crippen LogP contribution is 2.29. The van der Waals surface area contributed by atoms with Crippen molar-refractivity contribution in [2.45, 2.75) is 58.1 Å². The summed E-state index contributed by atoms with van der Waals surface area (Å²) < 4.78 is 87.3. The van der Waals surface area contributed by atoms with Crippen molar-refractivity contribution in [2.75, 3.05) is 26.4 Å². The molecule has 3 fully saturated rings. The molecule has 0 N–H and O–H groups in total. The van der Waals surface area contributed by atoms with Gasteiger partial charge in [-0.1, -0.05) is 0 Å². The first-order chi connectivity index (χ1) is 16.9. The highest BCUT2D eigenvalue weighted by Gasteiger charge is 2.46. The zero-order chi connectivity index (χ0) is 27.8. The second-order valence-corrected chi connectivity index (χ2v) is 12.0. The molecule has 3 saturated heterocycles. The fraction of sp³-hybridized carbons (Fsp3) is 0.684. The molecule has 0 saturated carbocycles. The topological polar surface area (TPSA) is 210 Å². The third-order valence-corrected chi connectivity index (χ3v) is 8.18. The summed E-state index contributed by atoms with van der Waals surface area (Å²) in [6.45, 7) is 4.02. The third-order valence-electron chi connectivity index (χ3n) is 4.72. The van der Waals surface area contributed by atoms with Gasteiger partial charge in [-0.25, -0.2) is 9.59 Å². The third kappa shape index (κ3) is 7.17. The summed E-state index contributed by atoms with van der Waals surface area (Å²) in [6, 6.07) is 0. The lowest BCUT2D eigenvalue weighted by molar-refractivity contribution is -0.202. The number of rotatable bonds is 6. The van der Waals surface area contributed by atoms with Gasteiger partial charge in [-0.3, -0.25) is 18.0 Å². The largest absolute Gasteiger partial charge is 0.425 e. The van der Waals surface area contributed by atoms with Gasteiger partial charge < -0.3 is 28.4 Å². The maximum Gasteiger partial charge on any atom is 0.423 e. The van der Waals surface area contributed by atoms with E-state index in [0.717, 1.165) is 0 Å². The maximum absolute atomic E-state index is 12.9. The molecule has 2 unspecified atom stereocenters. The molecule has 16 nitrogen and oxygen atoms in total. The zero-order valence-corrected chi connectivity index (χ0v) is 21.7. The molecule has 0 aromatic carbocycles. The van der Waals surface area contributed by atoms with Gasteiger partial charge in [0.1, 0.15) is 6.61 Å². The molecule has 37 heavy (non-hydrogen) atoms. The Kier molecular flexibility index (Phi) is 8.26. The Hall–Kier alpha value is -2.32. The Labute approximate surface area is 211 Å². The Morgan fingerprint density at radius 2 is 1.38 bits per heavy atom. The van der Waals surface area contributed by atoms with Crippen LogP contribution in [0.15, 0.2) is 10.00 Å². The number of carbonyl (C=O) groups excluding carboxylic acids is 4. The molecule has 0 bridgehead atoms. The minimum absolute atomic E-state index is 0.132. The van der Waals surface area contributed by atoms with E-state index in [1.54, 1.807) is 0 Å². The number of hydrogen-bond donors (Lipinski definition) is 0. The number of hydrogen-bond acceptors (Lipinski definition) is 16. The summed E-state index contributed by atoms with van der Waals surface area (Å²) in [5.41, 5.74) is 0. The molecular weight excluding hydrogens is 548 g/mol. The molecule has 0 radical (unpaired) electrons. The van der Waals surface area contributed by atoms with Crippen molar-refractivity contribution < 1.29 is 72.8 Å². The first-order valence-electron chi connectivity index (χ1n) is 10.6. The molecular formula is C19H24O16S2. The van der Waals surface area contributed by atoms with Crippen LogP contribution in [0.25, 0.3) is 0 Å². The zero-order valence-electron chi connectivity index (χ0n) is 20.0. The Bertz CT molecular complexity index is 1190. The second kappa shape index (κ2) is 10.4. The molecule has 2 atom stereocenters. The van der Waals surface area contributed by atoms with E-state index in [2.05, 4.69) is 13.1 Å². The smallest absolute Gasteiger partial charge is 0.423 e. The lowest BCUT2D eigenvalue weighted by Crippen LogP contribution is -2.33. The summed E-state index contributed by atoms with van der Waals surface area (Å²) in [4.78, 5) is 50.2. The lowest BCUT2D eigenvalue weighted by atomic mass is 10.1. The van der Waals surface area contributed by atoms with E-state index in [-0.39, 0.29) is 13.2 Å². The summed E-state index contributed by atoms with van der Waals surface area (Å²) in [7, 11) is -10.7. The fourth-order valence-electron chi connectivity index (χ4n) is 3.23. The molecule has 0 spiro atoms. The number of carbonyl (C=O) groups is 4. The SMILES string of the molecule is CC1(C)OCC(CC(=O)C(=O)C(OC(=O)C(=O)OC2COC(C)(C)O2)=C2S(=O)(=O)OCCOS2(=O)=O)O1. The van der Waals surface area contributed by atoms with Crippen molar-refractivity contribution >= 4 is 43.7 Å². The second-order valence-electron chi connectivity index (χ2n) is 8.63. The van der Waals surface area contributed by atoms with Gasteiger partial charge in [0.05, 0.1) is 25.9 Å². The van der Waals surface area contributed by atoms with Crippen LogP contribution >= 0.6 is 0 Å². The number of allylic oxidation sites excluding steroid dienone is 1. The van der Waals surface area contributed by atoms with Gasteiger partial charge in [-0.05, 0) is 27.7 Å². The molecule has 0 amide bonds. The van der Waals surface area contributed by atoms with Gasteiger partial charge in [0.15, 0.2) is 11.6 Å². The molecule has 0 aliphatic carbocycles. The van der Waals surface area contributed by atoms with E-state index in [0.29, 0.717) is 0 Å². The monoisotopic (exact) mass is 572 g/mol. The van der Waals surface area contributed by atoms with E-state index in [9.17, 15) is 36.0 Å². The first kappa shape index (κ1) is 29.2. The van der Waals surface area contributed by atoms with Gasteiger partial charge >= 0.3 is 32.2 Å². The molecule has 3 aliphatic rings. The van der Waals surface area contributed by atoms with Crippen LogP contribution < -0.4 is 0 Å². The minimum atomic E-state index is -5.34. The van der Waals surface area contributed by atoms with Gasteiger partial charge in [0.25, 0.3) is 10.0 Å². The molecule has 0 aromatic rings. The highest BCUT2D eigenvalue weighted by atomic mass is 32.3. The van der Waals surface area contributed by atoms with Crippen LogP contribution in [0.3, 0.4) is 0 Å².